The van der Waals surface area contributed by atoms with Gasteiger partial charge in [-0.05, 0) is 30.0 Å². The summed E-state index contributed by atoms with van der Waals surface area (Å²) in [6.45, 7) is 8.17. The Morgan fingerprint density at radius 1 is 1.07 bits per heavy atom. The Morgan fingerprint density at radius 3 is 2.72 bits per heavy atom. The van der Waals surface area contributed by atoms with Crippen molar-refractivity contribution in [2.75, 3.05) is 51.4 Å². The molecule has 1 fully saturated rings. The summed E-state index contributed by atoms with van der Waals surface area (Å²) in [6.07, 6.45) is 6.71. The van der Waals surface area contributed by atoms with E-state index in [1.54, 1.807) is 13.4 Å². The zero-order valence-corrected chi connectivity index (χ0v) is 17.3. The highest BCUT2D eigenvalue weighted by atomic mass is 16.5. The minimum atomic E-state index is 0.563. The molecule has 1 aromatic carbocycles. The lowest BCUT2D eigenvalue weighted by Crippen LogP contribution is -2.47. The van der Waals surface area contributed by atoms with Crippen LogP contribution in [0.2, 0.25) is 0 Å². The van der Waals surface area contributed by atoms with Gasteiger partial charge in [0, 0.05) is 57.3 Å². The lowest BCUT2D eigenvalue weighted by Gasteiger charge is -2.36. The van der Waals surface area contributed by atoms with Crippen LogP contribution in [0.5, 0.6) is 5.75 Å². The second-order valence-electron chi connectivity index (χ2n) is 7.32. The number of aromatic nitrogens is 3. The van der Waals surface area contributed by atoms with E-state index < -0.39 is 0 Å². The van der Waals surface area contributed by atoms with Crippen molar-refractivity contribution >= 4 is 16.7 Å². The van der Waals surface area contributed by atoms with Crippen molar-refractivity contribution in [1.82, 2.24) is 19.4 Å². The normalized spacial score (nSPS) is 15.2. The maximum Gasteiger partial charge on any atom is 0.135 e. The smallest absolute Gasteiger partial charge is 0.135 e. The summed E-state index contributed by atoms with van der Waals surface area (Å²) in [5, 5.41) is 1.23. The Hall–Kier alpha value is -2.64. The fourth-order valence-electron chi connectivity index (χ4n) is 3.82. The molecule has 4 rings (SSSR count). The fraction of sp³-hybridized carbons (Fsp3) is 0.455. The summed E-state index contributed by atoms with van der Waals surface area (Å²) >= 11 is 0. The van der Waals surface area contributed by atoms with Crippen LogP contribution in [0.25, 0.3) is 10.9 Å². The van der Waals surface area contributed by atoms with E-state index in [0.29, 0.717) is 13.2 Å². The molecule has 0 N–H and O–H groups in total. The minimum Gasteiger partial charge on any atom is -0.491 e. The van der Waals surface area contributed by atoms with Gasteiger partial charge in [0.15, 0.2) is 0 Å². The Kier molecular flexibility index (Phi) is 6.27. The van der Waals surface area contributed by atoms with Gasteiger partial charge in [-0.2, -0.15) is 0 Å². The first-order chi connectivity index (χ1) is 14.3. The fourth-order valence-corrected chi connectivity index (χ4v) is 3.82. The Labute approximate surface area is 171 Å². The van der Waals surface area contributed by atoms with Crippen LogP contribution in [0.4, 0.5) is 5.82 Å². The third-order valence-electron chi connectivity index (χ3n) is 5.47. The number of hydrogen-bond acceptors (Lipinski definition) is 6. The molecule has 1 aliphatic rings. The second-order valence-corrected chi connectivity index (χ2v) is 7.32. The van der Waals surface area contributed by atoms with Crippen LogP contribution in [0, 0.1) is 0 Å². The van der Waals surface area contributed by atoms with E-state index in [4.69, 9.17) is 9.47 Å². The van der Waals surface area contributed by atoms with Crippen molar-refractivity contribution < 1.29 is 9.47 Å². The molecule has 0 unspecified atom stereocenters. The van der Waals surface area contributed by atoms with Crippen LogP contribution in [-0.4, -0.2) is 65.9 Å². The molecule has 1 saturated heterocycles. The van der Waals surface area contributed by atoms with Crippen molar-refractivity contribution in [3.05, 3.63) is 48.5 Å². The third kappa shape index (κ3) is 4.52. The predicted octanol–water partition coefficient (Wildman–Crippen LogP) is 2.80. The average molecular weight is 396 g/mol. The van der Waals surface area contributed by atoms with Crippen molar-refractivity contribution in [3.8, 4) is 5.75 Å². The molecule has 2 aromatic heterocycles. The van der Waals surface area contributed by atoms with Crippen molar-refractivity contribution in [1.29, 1.82) is 0 Å². The molecule has 0 atom stereocenters. The quantitative estimate of drug-likeness (QED) is 0.547. The summed E-state index contributed by atoms with van der Waals surface area (Å²) in [7, 11) is 1.69. The zero-order valence-electron chi connectivity index (χ0n) is 17.3. The molecule has 3 heterocycles. The molecule has 29 heavy (non-hydrogen) atoms. The molecule has 0 saturated carbocycles. The number of piperazine rings is 1. The largest absolute Gasteiger partial charge is 0.491 e. The average Bonchev–Trinajstić information content (AvgIpc) is 3.16. The highest BCUT2D eigenvalue weighted by molar-refractivity contribution is 5.81. The van der Waals surface area contributed by atoms with E-state index in [1.807, 2.05) is 12.3 Å². The van der Waals surface area contributed by atoms with Gasteiger partial charge >= 0.3 is 0 Å². The van der Waals surface area contributed by atoms with Crippen LogP contribution in [0.1, 0.15) is 12.5 Å². The van der Waals surface area contributed by atoms with Crippen LogP contribution < -0.4 is 9.64 Å². The van der Waals surface area contributed by atoms with Gasteiger partial charge in [-0.1, -0.05) is 6.92 Å². The number of fused-ring (bicyclic) bond motifs is 1. The molecule has 0 aliphatic carbocycles. The van der Waals surface area contributed by atoms with Gasteiger partial charge in [-0.15, -0.1) is 0 Å². The first kappa shape index (κ1) is 19.7. The topological polar surface area (TPSA) is 55.7 Å². The number of hydrogen-bond donors (Lipinski definition) is 0. The van der Waals surface area contributed by atoms with Crippen molar-refractivity contribution in [3.63, 3.8) is 0 Å². The number of rotatable bonds is 8. The highest BCUT2D eigenvalue weighted by Crippen LogP contribution is 2.23. The molecule has 1 aliphatic heterocycles. The van der Waals surface area contributed by atoms with E-state index in [1.165, 1.54) is 16.5 Å². The molecule has 3 aromatic rings. The van der Waals surface area contributed by atoms with E-state index in [0.717, 1.165) is 50.8 Å². The molecule has 0 bridgehead atoms. The zero-order chi connectivity index (χ0) is 20.1. The van der Waals surface area contributed by atoms with Gasteiger partial charge in [0.2, 0.25) is 0 Å². The Bertz CT molecular complexity index is 934. The lowest BCUT2D eigenvalue weighted by molar-refractivity contribution is 0.146. The predicted molar refractivity (Wildman–Crippen MR) is 115 cm³/mol. The molecule has 7 heteroatoms. The summed E-state index contributed by atoms with van der Waals surface area (Å²) < 4.78 is 13.2. The van der Waals surface area contributed by atoms with Gasteiger partial charge in [0.05, 0.1) is 18.8 Å². The van der Waals surface area contributed by atoms with Gasteiger partial charge in [0.1, 0.15) is 24.5 Å². The summed E-state index contributed by atoms with van der Waals surface area (Å²) in [4.78, 5) is 13.6. The Morgan fingerprint density at radius 2 is 1.93 bits per heavy atom. The number of nitrogens with zero attached hydrogens (tertiary/aromatic N) is 5. The van der Waals surface area contributed by atoms with E-state index >= 15 is 0 Å². The van der Waals surface area contributed by atoms with Gasteiger partial charge < -0.3 is 18.9 Å². The first-order valence-electron chi connectivity index (χ1n) is 10.3. The van der Waals surface area contributed by atoms with Gasteiger partial charge in [0.25, 0.3) is 0 Å². The molecular weight excluding hydrogens is 366 g/mol. The summed E-state index contributed by atoms with van der Waals surface area (Å²) in [6, 6.07) is 8.43. The lowest BCUT2D eigenvalue weighted by atomic mass is 10.2. The molecule has 154 valence electrons. The highest BCUT2D eigenvalue weighted by Gasteiger charge is 2.20. The van der Waals surface area contributed by atoms with Gasteiger partial charge in [-0.3, -0.25) is 4.90 Å². The maximum atomic E-state index is 5.78. The van der Waals surface area contributed by atoms with Crippen LogP contribution in [0.15, 0.2) is 43.0 Å². The van der Waals surface area contributed by atoms with Crippen molar-refractivity contribution in [2.24, 2.45) is 0 Å². The van der Waals surface area contributed by atoms with Crippen LogP contribution in [0.3, 0.4) is 0 Å². The number of aryl methyl sites for hydroxylation is 1. The number of benzene rings is 1. The number of ether oxygens (including phenoxy) is 2. The van der Waals surface area contributed by atoms with Crippen LogP contribution in [-0.2, 0) is 17.8 Å². The Balaban J connectivity index is 1.40. The molecule has 0 radical (unpaired) electrons. The molecular formula is C22H29N5O2. The number of methoxy groups -OCH3 is 1. The third-order valence-corrected chi connectivity index (χ3v) is 5.47. The minimum absolute atomic E-state index is 0.563. The monoisotopic (exact) mass is 395 g/mol. The van der Waals surface area contributed by atoms with Crippen LogP contribution >= 0.6 is 0 Å². The van der Waals surface area contributed by atoms with E-state index in [2.05, 4.69) is 55.7 Å². The summed E-state index contributed by atoms with van der Waals surface area (Å²) in [5.41, 5.74) is 2.42. The van der Waals surface area contributed by atoms with Gasteiger partial charge in [-0.25, -0.2) is 9.97 Å². The second kappa shape index (κ2) is 9.24. The maximum absolute atomic E-state index is 5.78. The molecule has 0 spiro atoms. The molecule has 7 nitrogen and oxygen atoms in total. The standard InChI is InChI=1S/C22H29N5O2/c1-3-18-15-23-16-24-22(18)26-10-8-25(9-11-26)17-27-7-6-19-4-5-20(14-21(19)27)29-13-12-28-2/h4-7,14-16H,3,8-13,17H2,1-2H3. The van der Waals surface area contributed by atoms with E-state index in [9.17, 15) is 0 Å². The van der Waals surface area contributed by atoms with Crippen molar-refractivity contribution in [2.45, 2.75) is 20.0 Å². The number of anilines is 1. The SMILES string of the molecule is CCc1cncnc1N1CCN(Cn2ccc3ccc(OCCOC)cc32)CC1. The van der Waals surface area contributed by atoms with E-state index in [-0.39, 0.29) is 0 Å². The first-order valence-corrected chi connectivity index (χ1v) is 10.3. The molecule has 0 amide bonds. The summed E-state index contributed by atoms with van der Waals surface area (Å²) in [5.74, 6) is 1.97.